The molecule has 1 saturated carbocycles. The summed E-state index contributed by atoms with van der Waals surface area (Å²) in [7, 11) is 0. The van der Waals surface area contributed by atoms with Crippen molar-refractivity contribution in [1.29, 1.82) is 0 Å². The highest BCUT2D eigenvalue weighted by Gasteiger charge is 2.38. The number of hydrogen-bond donors (Lipinski definition) is 0. The third kappa shape index (κ3) is 3.62. The Morgan fingerprint density at radius 2 is 1.86 bits per heavy atom. The monoisotopic (exact) mass is 317 g/mol. The van der Waals surface area contributed by atoms with Gasteiger partial charge in [-0.3, -0.25) is 9.48 Å². The second kappa shape index (κ2) is 5.93. The number of halogens is 3. The molecule has 1 aliphatic rings. The van der Waals surface area contributed by atoms with Crippen molar-refractivity contribution in [2.75, 3.05) is 0 Å². The van der Waals surface area contributed by atoms with Crippen LogP contribution in [0.5, 0.6) is 0 Å². The van der Waals surface area contributed by atoms with Crippen molar-refractivity contribution in [3.63, 3.8) is 0 Å². The maximum atomic E-state index is 12.8. The zero-order valence-corrected chi connectivity index (χ0v) is 13.3. The fourth-order valence-corrected chi connectivity index (χ4v) is 2.79. The van der Waals surface area contributed by atoms with Crippen molar-refractivity contribution >= 4 is 5.91 Å². The van der Waals surface area contributed by atoms with Crippen LogP contribution in [-0.2, 0) is 17.5 Å². The summed E-state index contributed by atoms with van der Waals surface area (Å²) in [5, 5.41) is 3.63. The van der Waals surface area contributed by atoms with E-state index < -0.39 is 11.9 Å². The molecule has 1 amide bonds. The van der Waals surface area contributed by atoms with Crippen molar-refractivity contribution in [1.82, 2.24) is 14.7 Å². The number of amides is 1. The molecular weight excluding hydrogens is 295 g/mol. The van der Waals surface area contributed by atoms with Gasteiger partial charge in [0.25, 0.3) is 0 Å². The average Bonchev–Trinajstić information content (AvgIpc) is 3.08. The number of carbonyl (C=O) groups excluding carboxylic acids is 1. The van der Waals surface area contributed by atoms with Gasteiger partial charge in [-0.15, -0.1) is 0 Å². The standard InChI is InChI=1S/C15H22F3N3O/c1-9(2)21(10(3)4)14(22)8-20-12(11-5-6-11)7-13(19-20)15(16,17)18/h7,9-11H,5-6,8H2,1-4H3. The van der Waals surface area contributed by atoms with Crippen molar-refractivity contribution in [3.8, 4) is 0 Å². The molecule has 0 unspecified atom stereocenters. The molecular formula is C15H22F3N3O. The van der Waals surface area contributed by atoms with Gasteiger partial charge in [0, 0.05) is 23.7 Å². The molecule has 124 valence electrons. The molecule has 22 heavy (non-hydrogen) atoms. The highest BCUT2D eigenvalue weighted by molar-refractivity contribution is 5.76. The molecule has 4 nitrogen and oxygen atoms in total. The minimum absolute atomic E-state index is 0.00507. The summed E-state index contributed by atoms with van der Waals surface area (Å²) >= 11 is 0. The quantitative estimate of drug-likeness (QED) is 0.834. The van der Waals surface area contributed by atoms with Crippen LogP contribution in [0.2, 0.25) is 0 Å². The molecule has 0 saturated heterocycles. The maximum Gasteiger partial charge on any atom is 0.435 e. The molecule has 1 fully saturated rings. The fourth-order valence-electron chi connectivity index (χ4n) is 2.79. The molecule has 0 spiro atoms. The van der Waals surface area contributed by atoms with Gasteiger partial charge in [0.05, 0.1) is 0 Å². The molecule has 7 heteroatoms. The van der Waals surface area contributed by atoms with Crippen LogP contribution in [-0.4, -0.2) is 32.7 Å². The molecule has 1 aliphatic carbocycles. The molecule has 2 rings (SSSR count). The van der Waals surface area contributed by atoms with E-state index >= 15 is 0 Å². The maximum absolute atomic E-state index is 12.8. The van der Waals surface area contributed by atoms with E-state index in [2.05, 4.69) is 5.10 Å². The lowest BCUT2D eigenvalue weighted by Crippen LogP contribution is -2.44. The third-order valence-electron chi connectivity index (χ3n) is 3.78. The number of nitrogens with zero attached hydrogens (tertiary/aromatic N) is 3. The molecule has 0 N–H and O–H groups in total. The average molecular weight is 317 g/mol. The minimum atomic E-state index is -4.48. The number of carbonyl (C=O) groups is 1. The lowest BCUT2D eigenvalue weighted by Gasteiger charge is -2.31. The van der Waals surface area contributed by atoms with E-state index in [4.69, 9.17) is 0 Å². The van der Waals surface area contributed by atoms with Gasteiger partial charge in [-0.05, 0) is 46.6 Å². The Hall–Kier alpha value is -1.53. The summed E-state index contributed by atoms with van der Waals surface area (Å²) in [4.78, 5) is 14.1. The SMILES string of the molecule is CC(C)N(C(=O)Cn1nc(C(F)(F)F)cc1C1CC1)C(C)C. The first-order chi connectivity index (χ1) is 10.1. The first-order valence-electron chi connectivity index (χ1n) is 7.57. The number of alkyl halides is 3. The Morgan fingerprint density at radius 3 is 2.27 bits per heavy atom. The van der Waals surface area contributed by atoms with Crippen LogP contribution >= 0.6 is 0 Å². The predicted octanol–water partition coefficient (Wildman–Crippen LogP) is 3.42. The molecule has 0 aliphatic heterocycles. The summed E-state index contributed by atoms with van der Waals surface area (Å²) in [5.41, 5.74) is -0.393. The van der Waals surface area contributed by atoms with Gasteiger partial charge in [-0.2, -0.15) is 18.3 Å². The highest BCUT2D eigenvalue weighted by Crippen LogP contribution is 2.42. The van der Waals surface area contributed by atoms with Gasteiger partial charge in [0.1, 0.15) is 6.54 Å². The van der Waals surface area contributed by atoms with Crippen LogP contribution in [0.4, 0.5) is 13.2 Å². The van der Waals surface area contributed by atoms with Crippen LogP contribution in [0.1, 0.15) is 57.8 Å². The summed E-state index contributed by atoms with van der Waals surface area (Å²) in [6.07, 6.45) is -2.77. The second-order valence-electron chi connectivity index (χ2n) is 6.37. The number of rotatable bonds is 5. The zero-order chi connectivity index (χ0) is 16.7. The number of hydrogen-bond acceptors (Lipinski definition) is 2. The molecule has 0 bridgehead atoms. The van der Waals surface area contributed by atoms with Crippen LogP contribution in [0.3, 0.4) is 0 Å². The zero-order valence-electron chi connectivity index (χ0n) is 13.3. The van der Waals surface area contributed by atoms with Gasteiger partial charge < -0.3 is 4.90 Å². The van der Waals surface area contributed by atoms with Gasteiger partial charge in [-0.1, -0.05) is 0 Å². The van der Waals surface area contributed by atoms with Gasteiger partial charge in [0.15, 0.2) is 5.69 Å². The molecule has 0 radical (unpaired) electrons. The van der Waals surface area contributed by atoms with E-state index in [1.54, 1.807) is 4.90 Å². The topological polar surface area (TPSA) is 38.1 Å². The van der Waals surface area contributed by atoms with E-state index in [1.807, 2.05) is 27.7 Å². The van der Waals surface area contributed by atoms with Crippen LogP contribution in [0.15, 0.2) is 6.07 Å². The highest BCUT2D eigenvalue weighted by atomic mass is 19.4. The van der Waals surface area contributed by atoms with Crippen LogP contribution in [0, 0.1) is 0 Å². The summed E-state index contributed by atoms with van der Waals surface area (Å²) in [5.74, 6) is -0.105. The smallest absolute Gasteiger partial charge is 0.336 e. The second-order valence-corrected chi connectivity index (χ2v) is 6.37. The Kier molecular flexibility index (Phi) is 4.54. The fraction of sp³-hybridized carbons (Fsp3) is 0.733. The predicted molar refractivity (Wildman–Crippen MR) is 76.3 cm³/mol. The lowest BCUT2D eigenvalue weighted by atomic mass is 10.2. The Morgan fingerprint density at radius 1 is 1.32 bits per heavy atom. The summed E-state index contributed by atoms with van der Waals surface area (Å²) in [6, 6.07) is 1.07. The Labute approximate surface area is 128 Å². The van der Waals surface area contributed by atoms with Crippen molar-refractivity contribution in [2.24, 2.45) is 0 Å². The van der Waals surface area contributed by atoms with Gasteiger partial charge >= 0.3 is 6.18 Å². The molecule has 1 aromatic rings. The summed E-state index contributed by atoms with van der Waals surface area (Å²) < 4.78 is 39.8. The van der Waals surface area contributed by atoms with Crippen molar-refractivity contribution in [2.45, 2.75) is 71.3 Å². The van der Waals surface area contributed by atoms with E-state index in [0.29, 0.717) is 5.69 Å². The third-order valence-corrected chi connectivity index (χ3v) is 3.78. The van der Waals surface area contributed by atoms with Crippen molar-refractivity contribution < 1.29 is 18.0 Å². The largest absolute Gasteiger partial charge is 0.435 e. The molecule has 1 aromatic heterocycles. The van der Waals surface area contributed by atoms with Crippen LogP contribution < -0.4 is 0 Å². The Balaban J connectivity index is 2.24. The summed E-state index contributed by atoms with van der Waals surface area (Å²) in [6.45, 7) is 7.43. The first kappa shape index (κ1) is 16.8. The van der Waals surface area contributed by atoms with Crippen molar-refractivity contribution in [3.05, 3.63) is 17.5 Å². The minimum Gasteiger partial charge on any atom is -0.336 e. The van der Waals surface area contributed by atoms with Gasteiger partial charge in [0.2, 0.25) is 5.91 Å². The molecule has 1 heterocycles. The first-order valence-corrected chi connectivity index (χ1v) is 7.57. The number of aromatic nitrogens is 2. The van der Waals surface area contributed by atoms with E-state index in [1.165, 1.54) is 4.68 Å². The van der Waals surface area contributed by atoms with E-state index in [0.717, 1.165) is 18.9 Å². The lowest BCUT2D eigenvalue weighted by molar-refractivity contribution is -0.142. The Bertz CT molecular complexity index is 537. The van der Waals surface area contributed by atoms with Crippen LogP contribution in [0.25, 0.3) is 0 Å². The normalized spacial score (nSPS) is 15.7. The van der Waals surface area contributed by atoms with E-state index in [-0.39, 0.29) is 30.5 Å². The molecule has 0 atom stereocenters. The van der Waals surface area contributed by atoms with Gasteiger partial charge in [-0.25, -0.2) is 0 Å². The van der Waals surface area contributed by atoms with E-state index in [9.17, 15) is 18.0 Å². The molecule has 0 aromatic carbocycles.